The zero-order valence-electron chi connectivity index (χ0n) is 15.4. The van der Waals surface area contributed by atoms with Crippen molar-refractivity contribution in [2.24, 2.45) is 0 Å². The highest BCUT2D eigenvalue weighted by Gasteiger charge is 2.29. The number of fused-ring (bicyclic) bond motifs is 1. The molecule has 1 aliphatic heterocycles. The standard InChI is InChI=1S/C21H18ClFN4O2/c22-14-6-7-18(23)16(8-14)21(29)26-15-9-19-17(11-25-27(19)12-15)20(28)24-10-13-4-2-1-3-5-13/h1-8,11,15H,9-10,12H2,(H,24,28)(H,26,29)/t15-/m0/s1. The number of nitrogens with zero attached hydrogens (tertiary/aromatic N) is 2. The average molecular weight is 413 g/mol. The van der Waals surface area contributed by atoms with Crippen LogP contribution < -0.4 is 10.6 Å². The number of halogens is 2. The van der Waals surface area contributed by atoms with Gasteiger partial charge in [0.2, 0.25) is 0 Å². The quantitative estimate of drug-likeness (QED) is 0.676. The number of hydrogen-bond donors (Lipinski definition) is 2. The van der Waals surface area contributed by atoms with E-state index in [9.17, 15) is 14.0 Å². The number of rotatable bonds is 5. The van der Waals surface area contributed by atoms with E-state index in [-0.39, 0.29) is 22.5 Å². The summed E-state index contributed by atoms with van der Waals surface area (Å²) < 4.78 is 15.6. The molecule has 0 bridgehead atoms. The number of carbonyl (C=O) groups is 2. The highest BCUT2D eigenvalue weighted by Crippen LogP contribution is 2.20. The van der Waals surface area contributed by atoms with Crippen LogP contribution in [0.4, 0.5) is 4.39 Å². The van der Waals surface area contributed by atoms with Crippen LogP contribution in [0.3, 0.4) is 0 Å². The van der Waals surface area contributed by atoms with Gasteiger partial charge in [0, 0.05) is 18.0 Å². The van der Waals surface area contributed by atoms with Gasteiger partial charge in [-0.1, -0.05) is 41.9 Å². The molecule has 2 N–H and O–H groups in total. The number of benzene rings is 2. The molecule has 148 valence electrons. The van der Waals surface area contributed by atoms with Crippen LogP contribution in [0.5, 0.6) is 0 Å². The molecular weight excluding hydrogens is 395 g/mol. The number of amides is 2. The zero-order valence-corrected chi connectivity index (χ0v) is 16.1. The van der Waals surface area contributed by atoms with Crippen molar-refractivity contribution >= 4 is 23.4 Å². The fourth-order valence-electron chi connectivity index (χ4n) is 3.38. The smallest absolute Gasteiger partial charge is 0.255 e. The number of aromatic nitrogens is 2. The van der Waals surface area contributed by atoms with E-state index in [1.165, 1.54) is 18.3 Å². The molecule has 8 heteroatoms. The fourth-order valence-corrected chi connectivity index (χ4v) is 3.56. The topological polar surface area (TPSA) is 76.0 Å². The summed E-state index contributed by atoms with van der Waals surface area (Å²) in [7, 11) is 0. The molecule has 0 fully saturated rings. The van der Waals surface area contributed by atoms with Crippen LogP contribution in [0.1, 0.15) is 32.0 Å². The maximum Gasteiger partial charge on any atom is 0.255 e. The van der Waals surface area contributed by atoms with E-state index >= 15 is 0 Å². The van der Waals surface area contributed by atoms with Gasteiger partial charge in [0.1, 0.15) is 5.82 Å². The molecule has 0 aliphatic carbocycles. The van der Waals surface area contributed by atoms with Crippen LogP contribution in [-0.4, -0.2) is 27.6 Å². The van der Waals surface area contributed by atoms with E-state index < -0.39 is 11.7 Å². The number of nitrogens with one attached hydrogen (secondary N) is 2. The van der Waals surface area contributed by atoms with Gasteiger partial charge >= 0.3 is 0 Å². The Bertz CT molecular complexity index is 1070. The van der Waals surface area contributed by atoms with Crippen LogP contribution in [0, 0.1) is 5.82 Å². The summed E-state index contributed by atoms with van der Waals surface area (Å²) in [6.07, 6.45) is 1.96. The van der Waals surface area contributed by atoms with Crippen molar-refractivity contribution in [3.8, 4) is 0 Å². The largest absolute Gasteiger partial charge is 0.348 e. The Morgan fingerprint density at radius 2 is 1.93 bits per heavy atom. The predicted molar refractivity (Wildman–Crippen MR) is 106 cm³/mol. The molecule has 0 radical (unpaired) electrons. The monoisotopic (exact) mass is 412 g/mol. The summed E-state index contributed by atoms with van der Waals surface area (Å²) in [5.74, 6) is -1.40. The summed E-state index contributed by atoms with van der Waals surface area (Å²) in [6, 6.07) is 13.2. The average Bonchev–Trinajstić information content (AvgIpc) is 3.28. The Hall–Kier alpha value is -3.19. The molecule has 2 amide bonds. The zero-order chi connectivity index (χ0) is 20.4. The van der Waals surface area contributed by atoms with E-state index in [1.54, 1.807) is 4.68 Å². The van der Waals surface area contributed by atoms with Crippen LogP contribution in [0.15, 0.2) is 54.7 Å². The van der Waals surface area contributed by atoms with Gasteiger partial charge in [-0.05, 0) is 23.8 Å². The SMILES string of the molecule is O=C(N[C@H]1Cc2c(C(=O)NCc3ccccc3)cnn2C1)c1cc(Cl)ccc1F. The first-order valence-electron chi connectivity index (χ1n) is 9.14. The third-order valence-corrected chi connectivity index (χ3v) is 5.07. The van der Waals surface area contributed by atoms with Crippen LogP contribution >= 0.6 is 11.6 Å². The molecule has 2 aromatic carbocycles. The molecule has 0 saturated heterocycles. The Morgan fingerprint density at radius 1 is 1.14 bits per heavy atom. The Kier molecular flexibility index (Phi) is 5.31. The summed E-state index contributed by atoms with van der Waals surface area (Å²) in [6.45, 7) is 0.827. The summed E-state index contributed by atoms with van der Waals surface area (Å²) in [5, 5.41) is 10.2. The molecule has 1 aromatic heterocycles. The lowest BCUT2D eigenvalue weighted by molar-refractivity contribution is 0.0931. The second kappa shape index (κ2) is 8.05. The first kappa shape index (κ1) is 19.1. The van der Waals surface area contributed by atoms with Crippen molar-refractivity contribution in [1.29, 1.82) is 0 Å². The van der Waals surface area contributed by atoms with Gasteiger partial charge in [-0.2, -0.15) is 5.10 Å². The highest BCUT2D eigenvalue weighted by atomic mass is 35.5. The van der Waals surface area contributed by atoms with E-state index in [4.69, 9.17) is 11.6 Å². The molecule has 2 heterocycles. The van der Waals surface area contributed by atoms with Gasteiger partial charge in [0.15, 0.2) is 0 Å². The maximum absolute atomic E-state index is 13.9. The van der Waals surface area contributed by atoms with E-state index in [1.807, 2.05) is 30.3 Å². The minimum atomic E-state index is -0.636. The molecule has 29 heavy (non-hydrogen) atoms. The highest BCUT2D eigenvalue weighted by molar-refractivity contribution is 6.31. The molecular formula is C21H18ClFN4O2. The van der Waals surface area contributed by atoms with Gasteiger partial charge in [-0.3, -0.25) is 14.3 Å². The van der Waals surface area contributed by atoms with Crippen LogP contribution in [-0.2, 0) is 19.5 Å². The van der Waals surface area contributed by atoms with Crippen LogP contribution in [0.25, 0.3) is 0 Å². The second-order valence-corrected chi connectivity index (χ2v) is 7.29. The molecule has 0 spiro atoms. The molecule has 0 saturated carbocycles. The van der Waals surface area contributed by atoms with Crippen molar-refractivity contribution in [1.82, 2.24) is 20.4 Å². The predicted octanol–water partition coefficient (Wildman–Crippen LogP) is 2.96. The third-order valence-electron chi connectivity index (χ3n) is 4.83. The first-order valence-corrected chi connectivity index (χ1v) is 9.52. The number of hydrogen-bond acceptors (Lipinski definition) is 3. The lowest BCUT2D eigenvalue weighted by atomic mass is 10.1. The molecule has 6 nitrogen and oxygen atoms in total. The minimum Gasteiger partial charge on any atom is -0.348 e. The lowest BCUT2D eigenvalue weighted by Gasteiger charge is -2.12. The van der Waals surface area contributed by atoms with Crippen molar-refractivity contribution < 1.29 is 14.0 Å². The van der Waals surface area contributed by atoms with Gasteiger partial charge in [-0.25, -0.2) is 4.39 Å². The van der Waals surface area contributed by atoms with Gasteiger partial charge in [0.05, 0.1) is 35.6 Å². The van der Waals surface area contributed by atoms with Crippen molar-refractivity contribution in [2.45, 2.75) is 25.6 Å². The molecule has 1 atom stereocenters. The molecule has 1 aliphatic rings. The van der Waals surface area contributed by atoms with Crippen molar-refractivity contribution in [3.63, 3.8) is 0 Å². The van der Waals surface area contributed by atoms with Crippen molar-refractivity contribution in [3.05, 3.63) is 88.0 Å². The summed E-state index contributed by atoms with van der Waals surface area (Å²) >= 11 is 5.86. The molecule has 3 aromatic rings. The van der Waals surface area contributed by atoms with E-state index in [0.29, 0.717) is 25.1 Å². The lowest BCUT2D eigenvalue weighted by Crippen LogP contribution is -2.36. The van der Waals surface area contributed by atoms with Crippen LogP contribution in [0.2, 0.25) is 5.02 Å². The minimum absolute atomic E-state index is 0.108. The van der Waals surface area contributed by atoms with Gasteiger partial charge < -0.3 is 10.6 Å². The molecule has 4 rings (SSSR count). The Labute approximate surface area is 171 Å². The van der Waals surface area contributed by atoms with Gasteiger partial charge in [-0.15, -0.1) is 0 Å². The maximum atomic E-state index is 13.9. The summed E-state index contributed by atoms with van der Waals surface area (Å²) in [5.41, 5.74) is 2.11. The third kappa shape index (κ3) is 4.14. The second-order valence-electron chi connectivity index (χ2n) is 6.85. The first-order chi connectivity index (χ1) is 14.0. The Morgan fingerprint density at radius 3 is 2.72 bits per heavy atom. The number of carbonyl (C=O) groups excluding carboxylic acids is 2. The van der Waals surface area contributed by atoms with E-state index in [0.717, 1.165) is 17.3 Å². The fraction of sp³-hybridized carbons (Fsp3) is 0.190. The van der Waals surface area contributed by atoms with Gasteiger partial charge in [0.25, 0.3) is 11.8 Å². The normalized spacial score (nSPS) is 15.0. The summed E-state index contributed by atoms with van der Waals surface area (Å²) in [4.78, 5) is 25.0. The van der Waals surface area contributed by atoms with E-state index in [2.05, 4.69) is 15.7 Å². The Balaban J connectivity index is 1.40. The molecule has 0 unspecified atom stereocenters. The van der Waals surface area contributed by atoms with Crippen molar-refractivity contribution in [2.75, 3.05) is 0 Å².